The Kier molecular flexibility index (Phi) is 6.27. The molecule has 2 fully saturated rings. The van der Waals surface area contributed by atoms with E-state index in [0.717, 1.165) is 31.4 Å². The molecule has 0 bridgehead atoms. The average Bonchev–Trinajstić information content (AvgIpc) is 2.69. The van der Waals surface area contributed by atoms with Crippen LogP contribution in [0.5, 0.6) is 0 Å². The highest BCUT2D eigenvalue weighted by atomic mass is 16.2. The van der Waals surface area contributed by atoms with E-state index in [1.54, 1.807) is 11.1 Å². The fourth-order valence-corrected chi connectivity index (χ4v) is 4.07. The van der Waals surface area contributed by atoms with Crippen molar-refractivity contribution in [2.24, 2.45) is 5.92 Å². The number of hydrogen-bond donors (Lipinski definition) is 0. The van der Waals surface area contributed by atoms with Crippen LogP contribution in [-0.4, -0.2) is 45.7 Å². The van der Waals surface area contributed by atoms with Crippen molar-refractivity contribution < 1.29 is 9.59 Å². The Balaban J connectivity index is 1.67. The molecule has 5 heteroatoms. The van der Waals surface area contributed by atoms with Gasteiger partial charge in [-0.2, -0.15) is 0 Å². The van der Waals surface area contributed by atoms with Crippen LogP contribution < -0.4 is 0 Å². The maximum absolute atomic E-state index is 13.2. The van der Waals surface area contributed by atoms with Crippen LogP contribution in [-0.2, 0) is 16.1 Å². The maximum atomic E-state index is 13.2. The molecule has 1 aromatic rings. The summed E-state index contributed by atoms with van der Waals surface area (Å²) in [6.45, 7) is 1.29. The highest BCUT2D eigenvalue weighted by molar-refractivity contribution is 5.84. The molecule has 138 valence electrons. The number of piperidine rings is 1. The van der Waals surface area contributed by atoms with Crippen molar-refractivity contribution >= 4 is 11.8 Å². The topological polar surface area (TPSA) is 53.5 Å². The van der Waals surface area contributed by atoms with Crippen LogP contribution in [0.4, 0.5) is 0 Å². The number of aromatic nitrogens is 1. The van der Waals surface area contributed by atoms with Gasteiger partial charge < -0.3 is 9.80 Å². The van der Waals surface area contributed by atoms with Crippen molar-refractivity contribution in [3.05, 3.63) is 30.1 Å². The van der Waals surface area contributed by atoms with Gasteiger partial charge in [0.25, 0.3) is 0 Å². The minimum Gasteiger partial charge on any atom is -0.336 e. The van der Waals surface area contributed by atoms with Crippen molar-refractivity contribution in [1.82, 2.24) is 14.8 Å². The summed E-state index contributed by atoms with van der Waals surface area (Å²) in [5.74, 6) is 2.72. The van der Waals surface area contributed by atoms with Gasteiger partial charge in [0.2, 0.25) is 11.8 Å². The summed E-state index contributed by atoms with van der Waals surface area (Å²) in [6.07, 6.45) is 13.9. The molecule has 1 aromatic heterocycles. The number of amides is 2. The molecule has 1 atom stereocenters. The largest absolute Gasteiger partial charge is 0.336 e. The van der Waals surface area contributed by atoms with E-state index in [-0.39, 0.29) is 23.8 Å². The van der Waals surface area contributed by atoms with Gasteiger partial charge in [-0.25, -0.2) is 0 Å². The van der Waals surface area contributed by atoms with E-state index < -0.39 is 0 Å². The maximum Gasteiger partial charge on any atom is 0.228 e. The summed E-state index contributed by atoms with van der Waals surface area (Å²) < 4.78 is 0. The SMILES string of the molecule is C#CCN(C(=O)C1CCC(=O)N(Cc2ccccn2)C1)C1CCCCC1. The van der Waals surface area contributed by atoms with Crippen LogP contribution in [0.2, 0.25) is 0 Å². The summed E-state index contributed by atoms with van der Waals surface area (Å²) >= 11 is 0. The molecule has 0 N–H and O–H groups in total. The second kappa shape index (κ2) is 8.84. The van der Waals surface area contributed by atoms with E-state index in [1.807, 2.05) is 23.1 Å². The number of hydrogen-bond acceptors (Lipinski definition) is 3. The minimum atomic E-state index is -0.160. The van der Waals surface area contributed by atoms with Crippen molar-refractivity contribution in [3.63, 3.8) is 0 Å². The molecule has 2 aliphatic rings. The first-order valence-corrected chi connectivity index (χ1v) is 9.60. The molecular weight excluding hydrogens is 326 g/mol. The van der Waals surface area contributed by atoms with Crippen molar-refractivity contribution in [2.45, 2.75) is 57.5 Å². The number of likely N-dealkylation sites (tertiary alicyclic amines) is 1. The van der Waals surface area contributed by atoms with E-state index >= 15 is 0 Å². The average molecular weight is 353 g/mol. The molecule has 26 heavy (non-hydrogen) atoms. The van der Waals surface area contributed by atoms with E-state index in [2.05, 4.69) is 10.9 Å². The molecule has 1 unspecified atom stereocenters. The Hall–Kier alpha value is -2.35. The third-order valence-corrected chi connectivity index (χ3v) is 5.49. The van der Waals surface area contributed by atoms with Crippen LogP contribution in [0.15, 0.2) is 24.4 Å². The Labute approximate surface area is 155 Å². The Morgan fingerprint density at radius 3 is 2.77 bits per heavy atom. The molecular formula is C21H27N3O2. The van der Waals surface area contributed by atoms with Crippen LogP contribution in [0.1, 0.15) is 50.6 Å². The molecule has 2 heterocycles. The van der Waals surface area contributed by atoms with Gasteiger partial charge in [-0.15, -0.1) is 6.42 Å². The van der Waals surface area contributed by atoms with Gasteiger partial charge in [-0.1, -0.05) is 31.2 Å². The normalized spacial score (nSPS) is 21.3. The zero-order valence-electron chi connectivity index (χ0n) is 15.3. The zero-order chi connectivity index (χ0) is 18.4. The number of carbonyl (C=O) groups is 2. The highest BCUT2D eigenvalue weighted by Crippen LogP contribution is 2.27. The van der Waals surface area contributed by atoms with E-state index in [0.29, 0.717) is 32.5 Å². The third-order valence-electron chi connectivity index (χ3n) is 5.49. The van der Waals surface area contributed by atoms with Gasteiger partial charge in [0.05, 0.1) is 24.7 Å². The Morgan fingerprint density at radius 2 is 2.08 bits per heavy atom. The standard InChI is InChI=1S/C21H27N3O2/c1-2-14-24(19-9-4-3-5-10-19)21(26)17-11-12-20(25)23(15-17)16-18-8-6-7-13-22-18/h1,6-8,13,17,19H,3-5,9-12,14-16H2. The summed E-state index contributed by atoms with van der Waals surface area (Å²) in [5, 5.41) is 0. The molecule has 1 saturated carbocycles. The van der Waals surface area contributed by atoms with Crippen LogP contribution in [0.25, 0.3) is 0 Å². The molecule has 2 amide bonds. The van der Waals surface area contributed by atoms with Gasteiger partial charge in [-0.3, -0.25) is 14.6 Å². The van der Waals surface area contributed by atoms with Crippen LogP contribution in [0.3, 0.4) is 0 Å². The summed E-state index contributed by atoms with van der Waals surface area (Å²) in [5.41, 5.74) is 0.849. The zero-order valence-corrected chi connectivity index (χ0v) is 15.3. The Morgan fingerprint density at radius 1 is 1.27 bits per heavy atom. The number of nitrogens with zero attached hydrogens (tertiary/aromatic N) is 3. The lowest BCUT2D eigenvalue weighted by atomic mass is 9.91. The molecule has 3 rings (SSSR count). The number of pyridine rings is 1. The van der Waals surface area contributed by atoms with E-state index in [9.17, 15) is 9.59 Å². The monoisotopic (exact) mass is 353 g/mol. The minimum absolute atomic E-state index is 0.0980. The van der Waals surface area contributed by atoms with Gasteiger partial charge >= 0.3 is 0 Å². The van der Waals surface area contributed by atoms with Gasteiger partial charge in [-0.05, 0) is 31.4 Å². The van der Waals surface area contributed by atoms with Gasteiger partial charge in [0.1, 0.15) is 0 Å². The second-order valence-corrected chi connectivity index (χ2v) is 7.29. The van der Waals surface area contributed by atoms with E-state index in [4.69, 9.17) is 6.42 Å². The predicted molar refractivity (Wildman–Crippen MR) is 99.8 cm³/mol. The molecule has 0 spiro atoms. The first kappa shape index (κ1) is 18.4. The first-order chi connectivity index (χ1) is 12.7. The molecule has 5 nitrogen and oxygen atoms in total. The van der Waals surface area contributed by atoms with E-state index in [1.165, 1.54) is 6.42 Å². The highest BCUT2D eigenvalue weighted by Gasteiger charge is 2.35. The summed E-state index contributed by atoms with van der Waals surface area (Å²) in [6, 6.07) is 5.94. The third kappa shape index (κ3) is 4.43. The molecule has 0 radical (unpaired) electrons. The van der Waals surface area contributed by atoms with Crippen LogP contribution >= 0.6 is 0 Å². The second-order valence-electron chi connectivity index (χ2n) is 7.29. The lowest BCUT2D eigenvalue weighted by Gasteiger charge is -2.38. The first-order valence-electron chi connectivity index (χ1n) is 9.60. The van der Waals surface area contributed by atoms with Crippen LogP contribution in [0, 0.1) is 18.3 Å². The Bertz CT molecular complexity index is 662. The molecule has 0 aromatic carbocycles. The lowest BCUT2D eigenvalue weighted by Crippen LogP contribution is -2.50. The number of rotatable bonds is 5. The fourth-order valence-electron chi connectivity index (χ4n) is 4.07. The quantitative estimate of drug-likeness (QED) is 0.765. The van der Waals surface area contributed by atoms with Gasteiger partial charge in [0.15, 0.2) is 0 Å². The molecule has 1 saturated heterocycles. The van der Waals surface area contributed by atoms with Crippen molar-refractivity contribution in [3.8, 4) is 12.3 Å². The number of carbonyl (C=O) groups excluding carboxylic acids is 2. The van der Waals surface area contributed by atoms with Crippen molar-refractivity contribution in [2.75, 3.05) is 13.1 Å². The molecule has 1 aliphatic heterocycles. The fraction of sp³-hybridized carbons (Fsp3) is 0.571. The predicted octanol–water partition coefficient (Wildman–Crippen LogP) is 2.61. The number of terminal acetylenes is 1. The smallest absolute Gasteiger partial charge is 0.228 e. The summed E-state index contributed by atoms with van der Waals surface area (Å²) in [7, 11) is 0. The summed E-state index contributed by atoms with van der Waals surface area (Å²) in [4.78, 5) is 33.4. The lowest BCUT2D eigenvalue weighted by molar-refractivity contribution is -0.145. The van der Waals surface area contributed by atoms with Crippen molar-refractivity contribution in [1.29, 1.82) is 0 Å². The van der Waals surface area contributed by atoms with Gasteiger partial charge in [0, 0.05) is 25.2 Å². The molecule has 1 aliphatic carbocycles.